The number of pyridine rings is 3. The van der Waals surface area contributed by atoms with Gasteiger partial charge in [-0.3, -0.25) is 9.88 Å². The maximum Gasteiger partial charge on any atom is 0.322 e. The number of nitrogens with one attached hydrogen (secondary N) is 1. The molecule has 2 amide bonds. The average Bonchev–Trinajstić information content (AvgIpc) is 2.78. The first-order chi connectivity index (χ1) is 15.0. The molecule has 0 saturated carbocycles. The number of carbonyl (C=O) groups is 1. The number of nitrogens with zero attached hydrogens (tertiary/aromatic N) is 4. The summed E-state index contributed by atoms with van der Waals surface area (Å²) in [6, 6.07) is 7.29. The van der Waals surface area contributed by atoms with Crippen LogP contribution in [0.4, 0.5) is 20.7 Å². The third-order valence-corrected chi connectivity index (χ3v) is 4.59. The number of fused-ring (bicyclic) bond motifs is 1. The second-order valence-electron chi connectivity index (χ2n) is 6.84. The van der Waals surface area contributed by atoms with Crippen LogP contribution in [-0.2, 0) is 0 Å². The van der Waals surface area contributed by atoms with E-state index in [4.69, 9.17) is 10.5 Å². The van der Waals surface area contributed by atoms with Crippen LogP contribution < -0.4 is 20.7 Å². The summed E-state index contributed by atoms with van der Waals surface area (Å²) in [6.45, 7) is 2.45. The minimum atomic E-state index is -0.432. The largest absolute Gasteiger partial charge is 0.474 e. The molecule has 1 aliphatic rings. The van der Waals surface area contributed by atoms with Crippen LogP contribution >= 0.6 is 0 Å². The van der Waals surface area contributed by atoms with Crippen molar-refractivity contribution in [3.63, 3.8) is 0 Å². The molecule has 0 radical (unpaired) electrons. The fourth-order valence-electron chi connectivity index (χ4n) is 2.98. The van der Waals surface area contributed by atoms with Crippen LogP contribution in [0.1, 0.15) is 29.8 Å². The number of amides is 2. The number of ether oxygens (including phenoxy) is 1. The minimum absolute atomic E-state index is 0.318. The Balaban J connectivity index is 1.53. The number of nitrogen functional groups attached to an aromatic ring is 1. The van der Waals surface area contributed by atoms with E-state index in [-0.39, 0.29) is 6.03 Å². The van der Waals surface area contributed by atoms with Gasteiger partial charge in [-0.05, 0) is 37.3 Å². The van der Waals surface area contributed by atoms with Gasteiger partial charge in [-0.25, -0.2) is 19.2 Å². The molecule has 0 aromatic carbocycles. The van der Waals surface area contributed by atoms with Crippen molar-refractivity contribution >= 4 is 17.5 Å². The van der Waals surface area contributed by atoms with E-state index in [0.29, 0.717) is 47.4 Å². The molecule has 0 spiro atoms. The quantitative estimate of drug-likeness (QED) is 0.620. The zero-order valence-corrected chi connectivity index (χ0v) is 16.7. The SMILES string of the molecule is C[C@H](NC(=O)N1CCOc2ncc(C#Cc3ccc(N)nc3)cc21)c1ccc(F)cn1. The van der Waals surface area contributed by atoms with E-state index in [1.165, 1.54) is 12.1 Å². The Bertz CT molecular complexity index is 1160. The monoisotopic (exact) mass is 418 g/mol. The molecule has 0 fully saturated rings. The summed E-state index contributed by atoms with van der Waals surface area (Å²) in [6.07, 6.45) is 4.29. The lowest BCUT2D eigenvalue weighted by atomic mass is 10.2. The zero-order chi connectivity index (χ0) is 21.8. The second kappa shape index (κ2) is 8.67. The van der Waals surface area contributed by atoms with Gasteiger partial charge in [-0.2, -0.15) is 0 Å². The van der Waals surface area contributed by atoms with Crippen LogP contribution in [-0.4, -0.2) is 34.1 Å². The van der Waals surface area contributed by atoms with E-state index < -0.39 is 11.9 Å². The van der Waals surface area contributed by atoms with Gasteiger partial charge in [-0.1, -0.05) is 11.8 Å². The van der Waals surface area contributed by atoms with Gasteiger partial charge >= 0.3 is 6.03 Å². The minimum Gasteiger partial charge on any atom is -0.474 e. The molecule has 0 saturated heterocycles. The molecule has 3 aromatic rings. The van der Waals surface area contributed by atoms with Crippen molar-refractivity contribution in [1.82, 2.24) is 20.3 Å². The van der Waals surface area contributed by atoms with Crippen molar-refractivity contribution in [2.45, 2.75) is 13.0 Å². The summed E-state index contributed by atoms with van der Waals surface area (Å²) in [5.41, 5.74) is 7.98. The van der Waals surface area contributed by atoms with E-state index in [2.05, 4.69) is 32.1 Å². The highest BCUT2D eigenvalue weighted by molar-refractivity contribution is 5.94. The van der Waals surface area contributed by atoms with Crippen LogP contribution in [0.25, 0.3) is 0 Å². The highest BCUT2D eigenvalue weighted by atomic mass is 19.1. The first-order valence-electron chi connectivity index (χ1n) is 9.55. The number of halogens is 1. The first-order valence-corrected chi connectivity index (χ1v) is 9.55. The molecule has 9 heteroatoms. The number of hydrogen-bond acceptors (Lipinski definition) is 6. The molecule has 3 N–H and O–H groups in total. The highest BCUT2D eigenvalue weighted by Crippen LogP contribution is 2.30. The fourth-order valence-corrected chi connectivity index (χ4v) is 2.98. The highest BCUT2D eigenvalue weighted by Gasteiger charge is 2.26. The van der Waals surface area contributed by atoms with E-state index in [1.807, 2.05) is 0 Å². The van der Waals surface area contributed by atoms with E-state index in [9.17, 15) is 9.18 Å². The third-order valence-electron chi connectivity index (χ3n) is 4.59. The lowest BCUT2D eigenvalue weighted by Gasteiger charge is -2.29. The number of anilines is 2. The molecule has 1 aliphatic heterocycles. The molecule has 1 atom stereocenters. The van der Waals surface area contributed by atoms with Crippen molar-refractivity contribution in [2.75, 3.05) is 23.8 Å². The Morgan fingerprint density at radius 2 is 1.97 bits per heavy atom. The Hall–Kier alpha value is -4.19. The summed E-state index contributed by atoms with van der Waals surface area (Å²) < 4.78 is 18.7. The van der Waals surface area contributed by atoms with Crippen LogP contribution in [0, 0.1) is 17.7 Å². The van der Waals surface area contributed by atoms with Crippen molar-refractivity contribution in [3.8, 4) is 17.7 Å². The van der Waals surface area contributed by atoms with Crippen molar-refractivity contribution in [2.24, 2.45) is 0 Å². The van der Waals surface area contributed by atoms with Gasteiger partial charge in [0.25, 0.3) is 0 Å². The van der Waals surface area contributed by atoms with Crippen molar-refractivity contribution in [1.29, 1.82) is 0 Å². The number of nitrogens with two attached hydrogens (primary N) is 1. The predicted octanol–water partition coefficient (Wildman–Crippen LogP) is 2.66. The predicted molar refractivity (Wildman–Crippen MR) is 113 cm³/mol. The Morgan fingerprint density at radius 3 is 2.71 bits per heavy atom. The third kappa shape index (κ3) is 4.70. The van der Waals surface area contributed by atoms with Crippen LogP contribution in [0.2, 0.25) is 0 Å². The molecule has 0 aliphatic carbocycles. The molecule has 4 heterocycles. The van der Waals surface area contributed by atoms with Crippen LogP contribution in [0.15, 0.2) is 48.9 Å². The lowest BCUT2D eigenvalue weighted by molar-refractivity contribution is 0.235. The zero-order valence-electron chi connectivity index (χ0n) is 16.7. The maximum absolute atomic E-state index is 13.1. The smallest absolute Gasteiger partial charge is 0.322 e. The summed E-state index contributed by atoms with van der Waals surface area (Å²) in [5, 5.41) is 2.87. The van der Waals surface area contributed by atoms with E-state index >= 15 is 0 Å². The topological polar surface area (TPSA) is 106 Å². The van der Waals surface area contributed by atoms with Crippen LogP contribution in [0.5, 0.6) is 5.88 Å². The van der Waals surface area contributed by atoms with Crippen molar-refractivity contribution < 1.29 is 13.9 Å². The number of hydrogen-bond donors (Lipinski definition) is 2. The average molecular weight is 418 g/mol. The van der Waals surface area contributed by atoms with Gasteiger partial charge < -0.3 is 15.8 Å². The van der Waals surface area contributed by atoms with Gasteiger partial charge in [0.2, 0.25) is 5.88 Å². The number of carbonyl (C=O) groups excluding carboxylic acids is 1. The van der Waals surface area contributed by atoms with Gasteiger partial charge in [0.1, 0.15) is 23.9 Å². The lowest BCUT2D eigenvalue weighted by Crippen LogP contribution is -2.45. The normalized spacial score (nSPS) is 13.3. The van der Waals surface area contributed by atoms with Gasteiger partial charge in [0.15, 0.2) is 0 Å². The molecule has 3 aromatic heterocycles. The molecule has 8 nitrogen and oxygen atoms in total. The molecule has 31 heavy (non-hydrogen) atoms. The number of rotatable bonds is 2. The van der Waals surface area contributed by atoms with Gasteiger partial charge in [0.05, 0.1) is 24.5 Å². The fraction of sp³-hybridized carbons (Fsp3) is 0.182. The Kier molecular flexibility index (Phi) is 5.62. The Labute approximate surface area is 178 Å². The standard InChI is InChI=1S/C22H19FN6O2/c1-14(18-6-5-17(23)13-25-18)28-22(30)29-8-9-31-21-19(29)10-16(12-27-21)3-2-15-4-7-20(24)26-11-15/h4-7,10-14H,8-9H2,1H3,(H2,24,26)(H,28,30)/t14-/m0/s1. The maximum atomic E-state index is 13.1. The first kappa shape index (κ1) is 20.1. The number of urea groups is 1. The summed E-state index contributed by atoms with van der Waals surface area (Å²) >= 11 is 0. The molecule has 0 unspecified atom stereocenters. The molecule has 4 rings (SSSR count). The van der Waals surface area contributed by atoms with Crippen molar-refractivity contribution in [3.05, 3.63) is 71.6 Å². The molecular weight excluding hydrogens is 399 g/mol. The van der Waals surface area contributed by atoms with Gasteiger partial charge in [-0.15, -0.1) is 0 Å². The molecule has 156 valence electrons. The molecular formula is C22H19FN6O2. The van der Waals surface area contributed by atoms with E-state index in [0.717, 1.165) is 6.20 Å². The van der Waals surface area contributed by atoms with Crippen LogP contribution in [0.3, 0.4) is 0 Å². The summed E-state index contributed by atoms with van der Waals surface area (Å²) in [7, 11) is 0. The molecule has 0 bridgehead atoms. The Morgan fingerprint density at radius 1 is 1.16 bits per heavy atom. The number of aromatic nitrogens is 3. The summed E-state index contributed by atoms with van der Waals surface area (Å²) in [4.78, 5) is 26.8. The summed E-state index contributed by atoms with van der Waals surface area (Å²) in [5.74, 6) is 6.34. The van der Waals surface area contributed by atoms with E-state index in [1.54, 1.807) is 42.4 Å². The second-order valence-corrected chi connectivity index (χ2v) is 6.84. The van der Waals surface area contributed by atoms with Gasteiger partial charge in [0, 0.05) is 23.5 Å².